The lowest BCUT2D eigenvalue weighted by Gasteiger charge is -2.20. The Bertz CT molecular complexity index is 1480. The molecule has 5 rings (SSSR count). The summed E-state index contributed by atoms with van der Waals surface area (Å²) in [6.45, 7) is 7.56. The van der Waals surface area contributed by atoms with Gasteiger partial charge in [-0.25, -0.2) is 4.79 Å². The number of aryl methyl sites for hydroxylation is 3. The highest BCUT2D eigenvalue weighted by Gasteiger charge is 2.30. The maximum Gasteiger partial charge on any atom is 0.345 e. The van der Waals surface area contributed by atoms with Gasteiger partial charge in [0, 0.05) is 18.1 Å². The highest BCUT2D eigenvalue weighted by molar-refractivity contribution is 7.97. The third kappa shape index (κ3) is 6.43. The Morgan fingerprint density at radius 1 is 0.850 bits per heavy atom. The Hall–Kier alpha value is -3.94. The zero-order chi connectivity index (χ0) is 28.1. The molecule has 1 aliphatic rings. The van der Waals surface area contributed by atoms with Crippen LogP contribution in [0.2, 0.25) is 0 Å². The van der Waals surface area contributed by atoms with E-state index in [9.17, 15) is 4.79 Å². The molecule has 0 amide bonds. The predicted molar refractivity (Wildman–Crippen MR) is 162 cm³/mol. The molecule has 1 atom stereocenters. The summed E-state index contributed by atoms with van der Waals surface area (Å²) < 4.78 is 11.8. The van der Waals surface area contributed by atoms with Crippen molar-refractivity contribution in [2.24, 2.45) is 0 Å². The summed E-state index contributed by atoms with van der Waals surface area (Å²) in [5.74, 6) is 7.03. The monoisotopic (exact) mass is 547 g/mol. The number of benzene rings is 4. The highest BCUT2D eigenvalue weighted by Crippen LogP contribution is 2.36. The fourth-order valence-electron chi connectivity index (χ4n) is 5.22. The van der Waals surface area contributed by atoms with E-state index in [0.29, 0.717) is 0 Å². The molecule has 0 saturated heterocycles. The first-order valence-corrected chi connectivity index (χ1v) is 14.9. The molecule has 3 nitrogen and oxygen atoms in total. The summed E-state index contributed by atoms with van der Waals surface area (Å²) in [4.78, 5) is 16.5. The first-order chi connectivity index (χ1) is 19.3. The molecule has 0 aliphatic heterocycles. The van der Waals surface area contributed by atoms with Crippen molar-refractivity contribution in [1.29, 1.82) is 0 Å². The maximum atomic E-state index is 12.8. The third-order valence-corrected chi connectivity index (χ3v) is 9.21. The molecule has 0 spiro atoms. The van der Waals surface area contributed by atoms with Gasteiger partial charge in [0.1, 0.15) is 5.75 Å². The summed E-state index contributed by atoms with van der Waals surface area (Å²) in [7, 11) is -0.250. The normalized spacial score (nSPS) is 14.3. The van der Waals surface area contributed by atoms with E-state index in [1.165, 1.54) is 25.8 Å². The lowest BCUT2D eigenvalue weighted by molar-refractivity contribution is -0.154. The molecule has 4 aromatic carbocycles. The van der Waals surface area contributed by atoms with E-state index in [1.807, 2.05) is 39.8 Å². The van der Waals surface area contributed by atoms with Gasteiger partial charge >= 0.3 is 5.97 Å². The van der Waals surface area contributed by atoms with E-state index in [2.05, 4.69) is 96.8 Å². The van der Waals surface area contributed by atoms with Crippen LogP contribution >= 0.6 is 0 Å². The van der Waals surface area contributed by atoms with Crippen LogP contribution in [-0.4, -0.2) is 18.2 Å². The minimum atomic E-state index is -0.897. The summed E-state index contributed by atoms with van der Waals surface area (Å²) in [5.41, 5.74) is 3.74. The lowest BCUT2D eigenvalue weighted by Crippen LogP contribution is -2.29. The number of carbonyl (C=O) groups is 1. The molecule has 40 heavy (non-hydrogen) atoms. The van der Waals surface area contributed by atoms with E-state index in [4.69, 9.17) is 9.47 Å². The number of rotatable bonds is 7. The lowest BCUT2D eigenvalue weighted by atomic mass is 10.0. The van der Waals surface area contributed by atoms with Crippen molar-refractivity contribution in [3.05, 3.63) is 119 Å². The Kier molecular flexibility index (Phi) is 8.33. The van der Waals surface area contributed by atoms with Gasteiger partial charge in [0.2, 0.25) is 0 Å². The SMILES string of the molecule is Cc1cc([S+](c2ccccc2)c2ccccc2)cc(C)c1OCC(=O)OC(C)(C)C#CC1CCc2ccccc21. The minimum absolute atomic E-state index is 0.165. The first-order valence-electron chi connectivity index (χ1n) is 13.7. The first kappa shape index (κ1) is 27.6. The van der Waals surface area contributed by atoms with E-state index >= 15 is 0 Å². The number of hydrogen-bond donors (Lipinski definition) is 0. The summed E-state index contributed by atoms with van der Waals surface area (Å²) in [6.07, 6.45) is 2.04. The summed E-state index contributed by atoms with van der Waals surface area (Å²) in [5, 5.41) is 0. The van der Waals surface area contributed by atoms with Crippen LogP contribution in [0.3, 0.4) is 0 Å². The second-order valence-corrected chi connectivity index (χ2v) is 12.7. The van der Waals surface area contributed by atoms with Crippen molar-refractivity contribution < 1.29 is 14.3 Å². The molecule has 0 fully saturated rings. The average Bonchev–Trinajstić information content (AvgIpc) is 3.36. The van der Waals surface area contributed by atoms with Crippen LogP contribution in [-0.2, 0) is 26.8 Å². The number of ether oxygens (including phenoxy) is 2. The van der Waals surface area contributed by atoms with Crippen LogP contribution in [0.1, 0.15) is 48.4 Å². The number of fused-ring (bicyclic) bond motifs is 1. The molecule has 0 radical (unpaired) electrons. The van der Waals surface area contributed by atoms with Crippen LogP contribution in [0.25, 0.3) is 0 Å². The molecule has 202 valence electrons. The van der Waals surface area contributed by atoms with Gasteiger partial charge in [-0.05, 0) is 87.1 Å². The number of esters is 1. The Balaban J connectivity index is 1.27. The number of hydrogen-bond acceptors (Lipinski definition) is 3. The van der Waals surface area contributed by atoms with E-state index < -0.39 is 11.6 Å². The highest BCUT2D eigenvalue weighted by atomic mass is 32.2. The van der Waals surface area contributed by atoms with Gasteiger partial charge in [-0.3, -0.25) is 0 Å². The molecule has 0 bridgehead atoms. The summed E-state index contributed by atoms with van der Waals surface area (Å²) >= 11 is 0. The largest absolute Gasteiger partial charge is 0.481 e. The second kappa shape index (κ2) is 12.1. The molecule has 1 aliphatic carbocycles. The predicted octanol–water partition coefficient (Wildman–Crippen LogP) is 7.83. The van der Waals surface area contributed by atoms with Crippen molar-refractivity contribution in [3.63, 3.8) is 0 Å². The van der Waals surface area contributed by atoms with Crippen LogP contribution < -0.4 is 4.74 Å². The van der Waals surface area contributed by atoms with Gasteiger partial charge in [0.15, 0.2) is 26.9 Å². The quantitative estimate of drug-likeness (QED) is 0.134. The molecule has 0 N–H and O–H groups in total. The maximum absolute atomic E-state index is 12.8. The Morgan fingerprint density at radius 3 is 2.05 bits per heavy atom. The smallest absolute Gasteiger partial charge is 0.345 e. The molecule has 4 aromatic rings. The molecule has 1 unspecified atom stereocenters. The topological polar surface area (TPSA) is 35.5 Å². The fourth-order valence-corrected chi connectivity index (χ4v) is 7.48. The zero-order valence-corrected chi connectivity index (χ0v) is 24.4. The van der Waals surface area contributed by atoms with Gasteiger partial charge in [-0.15, -0.1) is 0 Å². The zero-order valence-electron chi connectivity index (χ0n) is 23.6. The third-order valence-electron chi connectivity index (χ3n) is 7.01. The van der Waals surface area contributed by atoms with Gasteiger partial charge in [0.25, 0.3) is 0 Å². The van der Waals surface area contributed by atoms with Crippen LogP contribution in [0, 0.1) is 25.7 Å². The molecule has 0 aromatic heterocycles. The minimum Gasteiger partial charge on any atom is -0.481 e. The fraction of sp³-hybridized carbons (Fsp3) is 0.250. The molecular formula is C36H35O3S+. The molecule has 0 saturated carbocycles. The van der Waals surface area contributed by atoms with Gasteiger partial charge in [-0.1, -0.05) is 72.5 Å². The average molecular weight is 548 g/mol. The molecule has 0 heterocycles. The van der Waals surface area contributed by atoms with Crippen molar-refractivity contribution in [2.45, 2.75) is 66.7 Å². The van der Waals surface area contributed by atoms with Crippen LogP contribution in [0.5, 0.6) is 5.75 Å². The van der Waals surface area contributed by atoms with Crippen molar-refractivity contribution >= 4 is 16.9 Å². The van der Waals surface area contributed by atoms with Gasteiger partial charge in [0.05, 0.1) is 10.9 Å². The van der Waals surface area contributed by atoms with Crippen molar-refractivity contribution in [1.82, 2.24) is 0 Å². The van der Waals surface area contributed by atoms with Crippen LogP contribution in [0.4, 0.5) is 0 Å². The van der Waals surface area contributed by atoms with Crippen LogP contribution in [0.15, 0.2) is 112 Å². The number of carbonyl (C=O) groups excluding carboxylic acids is 1. The van der Waals surface area contributed by atoms with E-state index in [0.717, 1.165) is 29.7 Å². The Labute approximate surface area is 240 Å². The van der Waals surface area contributed by atoms with Gasteiger partial charge < -0.3 is 9.47 Å². The summed E-state index contributed by atoms with van der Waals surface area (Å²) in [6, 6.07) is 33.9. The standard InChI is InChI=1S/C36H35O3S/c1-26-23-32(40(30-14-7-5-8-15-30)31-16-9-6-10-17-31)24-27(2)35(26)38-25-34(37)39-36(3,4)22-21-29-20-19-28-13-11-12-18-33(28)29/h5-18,23-24,29H,19-20,25H2,1-4H3/q+1. The second-order valence-electron chi connectivity index (χ2n) is 10.7. The van der Waals surface area contributed by atoms with E-state index in [1.54, 1.807) is 0 Å². The van der Waals surface area contributed by atoms with Crippen molar-refractivity contribution in [3.8, 4) is 17.6 Å². The van der Waals surface area contributed by atoms with Gasteiger partial charge in [-0.2, -0.15) is 0 Å². The molecular weight excluding hydrogens is 512 g/mol. The van der Waals surface area contributed by atoms with E-state index in [-0.39, 0.29) is 23.4 Å². The molecule has 4 heteroatoms. The van der Waals surface area contributed by atoms with Crippen molar-refractivity contribution in [2.75, 3.05) is 6.61 Å². The Morgan fingerprint density at radius 2 is 1.43 bits per heavy atom.